The van der Waals surface area contributed by atoms with E-state index in [4.69, 9.17) is 16.3 Å². The van der Waals surface area contributed by atoms with Crippen molar-refractivity contribution in [2.24, 2.45) is 0 Å². The summed E-state index contributed by atoms with van der Waals surface area (Å²) < 4.78 is 5.33. The van der Waals surface area contributed by atoms with E-state index in [-0.39, 0.29) is 11.4 Å². The van der Waals surface area contributed by atoms with Crippen molar-refractivity contribution in [3.05, 3.63) is 23.8 Å². The van der Waals surface area contributed by atoms with Gasteiger partial charge in [-0.15, -0.1) is 11.6 Å². The first-order chi connectivity index (χ1) is 9.90. The molecule has 2 rings (SSSR count). The van der Waals surface area contributed by atoms with Crippen LogP contribution in [-0.4, -0.2) is 24.4 Å². The zero-order valence-corrected chi connectivity index (χ0v) is 14.0. The number of methoxy groups -OCH3 is 1. The molecule has 1 aliphatic rings. The Balaban J connectivity index is 2.46. The average Bonchev–Trinajstić information content (AvgIpc) is 2.43. The fraction of sp³-hybridized carbons (Fsp3) is 0.588. The van der Waals surface area contributed by atoms with Crippen LogP contribution in [0.4, 0.5) is 5.69 Å². The molecule has 0 spiro atoms. The molecule has 0 N–H and O–H groups in total. The van der Waals surface area contributed by atoms with Gasteiger partial charge in [-0.05, 0) is 44.2 Å². The molecule has 1 aromatic rings. The van der Waals surface area contributed by atoms with Crippen molar-refractivity contribution in [3.63, 3.8) is 0 Å². The second kappa shape index (κ2) is 6.27. The van der Waals surface area contributed by atoms with Crippen LogP contribution in [0.5, 0.6) is 5.75 Å². The number of hydrogen-bond acceptors (Lipinski definition) is 2. The van der Waals surface area contributed by atoms with Crippen LogP contribution in [0.3, 0.4) is 0 Å². The van der Waals surface area contributed by atoms with Gasteiger partial charge in [-0.2, -0.15) is 0 Å². The SMILES string of the molecule is COc1ccc2c(c1)N(C(=O)CCCCl)C(C)(C)CC2C. The van der Waals surface area contributed by atoms with Gasteiger partial charge >= 0.3 is 0 Å². The molecule has 21 heavy (non-hydrogen) atoms. The van der Waals surface area contributed by atoms with Gasteiger partial charge in [0.2, 0.25) is 5.91 Å². The van der Waals surface area contributed by atoms with Crippen molar-refractivity contribution in [2.45, 2.75) is 51.5 Å². The summed E-state index contributed by atoms with van der Waals surface area (Å²) in [5.41, 5.74) is 2.01. The predicted molar refractivity (Wildman–Crippen MR) is 87.5 cm³/mol. The lowest BCUT2D eigenvalue weighted by molar-refractivity contribution is -0.119. The first-order valence-corrected chi connectivity index (χ1v) is 8.01. The van der Waals surface area contributed by atoms with Crippen LogP contribution in [0.15, 0.2) is 18.2 Å². The predicted octanol–water partition coefficient (Wildman–Crippen LogP) is 4.33. The minimum atomic E-state index is -0.192. The van der Waals surface area contributed by atoms with E-state index in [1.165, 1.54) is 5.56 Å². The number of rotatable bonds is 4. The molecule has 3 nitrogen and oxygen atoms in total. The van der Waals surface area contributed by atoms with Gasteiger partial charge in [0.25, 0.3) is 0 Å². The summed E-state index contributed by atoms with van der Waals surface area (Å²) in [5, 5.41) is 0. The number of carbonyl (C=O) groups excluding carboxylic acids is 1. The molecule has 1 aromatic carbocycles. The van der Waals surface area contributed by atoms with E-state index in [1.807, 2.05) is 17.0 Å². The highest BCUT2D eigenvalue weighted by Crippen LogP contribution is 2.44. The number of nitrogens with zero attached hydrogens (tertiary/aromatic N) is 1. The van der Waals surface area contributed by atoms with Crippen LogP contribution < -0.4 is 9.64 Å². The van der Waals surface area contributed by atoms with Crippen LogP contribution in [0.2, 0.25) is 0 Å². The summed E-state index contributed by atoms with van der Waals surface area (Å²) in [6, 6.07) is 6.02. The van der Waals surface area contributed by atoms with Crippen LogP contribution >= 0.6 is 11.6 Å². The van der Waals surface area contributed by atoms with Gasteiger partial charge < -0.3 is 9.64 Å². The Morgan fingerprint density at radius 3 is 2.81 bits per heavy atom. The molecule has 0 aliphatic carbocycles. The quantitative estimate of drug-likeness (QED) is 0.775. The first-order valence-electron chi connectivity index (χ1n) is 7.47. The highest BCUT2D eigenvalue weighted by atomic mass is 35.5. The smallest absolute Gasteiger partial charge is 0.227 e. The Morgan fingerprint density at radius 2 is 2.19 bits per heavy atom. The van der Waals surface area contributed by atoms with E-state index in [1.54, 1.807) is 7.11 Å². The minimum absolute atomic E-state index is 0.141. The van der Waals surface area contributed by atoms with E-state index < -0.39 is 0 Å². The number of fused-ring (bicyclic) bond motifs is 1. The lowest BCUT2D eigenvalue weighted by atomic mass is 9.80. The third kappa shape index (κ3) is 3.18. The Labute approximate surface area is 132 Å². The molecular weight excluding hydrogens is 286 g/mol. The molecule has 0 radical (unpaired) electrons. The number of ether oxygens (including phenoxy) is 1. The number of carbonyl (C=O) groups is 1. The molecule has 1 atom stereocenters. The number of hydrogen-bond donors (Lipinski definition) is 0. The van der Waals surface area contributed by atoms with Gasteiger partial charge in [0.05, 0.1) is 12.8 Å². The van der Waals surface area contributed by atoms with Gasteiger partial charge in [-0.1, -0.05) is 13.0 Å². The molecule has 1 unspecified atom stereocenters. The maximum absolute atomic E-state index is 12.7. The lowest BCUT2D eigenvalue weighted by Crippen LogP contribution is -2.51. The Hall–Kier alpha value is -1.22. The highest BCUT2D eigenvalue weighted by Gasteiger charge is 2.39. The number of halogens is 1. The van der Waals surface area contributed by atoms with Gasteiger partial charge in [0.1, 0.15) is 5.75 Å². The Kier molecular flexibility index (Phi) is 4.82. The van der Waals surface area contributed by atoms with E-state index >= 15 is 0 Å². The molecule has 116 valence electrons. The zero-order valence-electron chi connectivity index (χ0n) is 13.3. The molecule has 0 saturated carbocycles. The number of benzene rings is 1. The number of anilines is 1. The van der Waals surface area contributed by atoms with Crippen molar-refractivity contribution in [3.8, 4) is 5.75 Å². The van der Waals surface area contributed by atoms with E-state index in [0.29, 0.717) is 24.6 Å². The van der Waals surface area contributed by atoms with E-state index in [2.05, 4.69) is 26.8 Å². The maximum atomic E-state index is 12.7. The third-order valence-corrected chi connectivity index (χ3v) is 4.46. The average molecular weight is 310 g/mol. The summed E-state index contributed by atoms with van der Waals surface area (Å²) in [5.74, 6) is 1.87. The molecule has 1 heterocycles. The molecule has 4 heteroatoms. The fourth-order valence-corrected chi connectivity index (χ4v) is 3.47. The van der Waals surface area contributed by atoms with Gasteiger partial charge in [-0.3, -0.25) is 4.79 Å². The first kappa shape index (κ1) is 16.2. The Morgan fingerprint density at radius 1 is 1.48 bits per heavy atom. The van der Waals surface area contributed by atoms with Crippen molar-refractivity contribution >= 4 is 23.2 Å². The van der Waals surface area contributed by atoms with Gasteiger partial charge in [0, 0.05) is 23.9 Å². The zero-order chi connectivity index (χ0) is 15.6. The minimum Gasteiger partial charge on any atom is -0.497 e. The molecule has 1 aliphatic heterocycles. The second-order valence-electron chi connectivity index (χ2n) is 6.36. The standard InChI is InChI=1S/C17H24ClNO2/c1-12-11-17(2,3)19(16(20)6-5-9-18)15-10-13(21-4)7-8-14(12)15/h7-8,10,12H,5-6,9,11H2,1-4H3. The van der Waals surface area contributed by atoms with Crippen molar-refractivity contribution in [2.75, 3.05) is 17.9 Å². The molecule has 1 amide bonds. The van der Waals surface area contributed by atoms with Crippen LogP contribution in [-0.2, 0) is 4.79 Å². The lowest BCUT2D eigenvalue weighted by Gasteiger charge is -2.46. The summed E-state index contributed by atoms with van der Waals surface area (Å²) in [4.78, 5) is 14.6. The summed E-state index contributed by atoms with van der Waals surface area (Å²) in [6.45, 7) is 6.47. The molecule has 0 saturated heterocycles. The van der Waals surface area contributed by atoms with E-state index in [9.17, 15) is 4.79 Å². The number of amides is 1. The third-order valence-electron chi connectivity index (χ3n) is 4.19. The fourth-order valence-electron chi connectivity index (χ4n) is 3.34. The molecule has 0 bridgehead atoms. The van der Waals surface area contributed by atoms with Crippen LogP contribution in [0.25, 0.3) is 0 Å². The number of alkyl halides is 1. The van der Waals surface area contributed by atoms with Crippen LogP contribution in [0.1, 0.15) is 51.5 Å². The molecular formula is C17H24ClNO2. The van der Waals surface area contributed by atoms with Gasteiger partial charge in [-0.25, -0.2) is 0 Å². The largest absolute Gasteiger partial charge is 0.497 e. The summed E-state index contributed by atoms with van der Waals surface area (Å²) in [7, 11) is 1.65. The van der Waals surface area contributed by atoms with Crippen molar-refractivity contribution in [1.82, 2.24) is 0 Å². The van der Waals surface area contributed by atoms with Crippen molar-refractivity contribution in [1.29, 1.82) is 0 Å². The molecule has 0 aromatic heterocycles. The molecule has 0 fully saturated rings. The van der Waals surface area contributed by atoms with E-state index in [0.717, 1.165) is 17.9 Å². The summed E-state index contributed by atoms with van der Waals surface area (Å²) in [6.07, 6.45) is 2.15. The second-order valence-corrected chi connectivity index (χ2v) is 6.74. The normalized spacial score (nSPS) is 20.0. The maximum Gasteiger partial charge on any atom is 0.227 e. The Bertz CT molecular complexity index is 528. The van der Waals surface area contributed by atoms with Gasteiger partial charge in [0.15, 0.2) is 0 Å². The monoisotopic (exact) mass is 309 g/mol. The summed E-state index contributed by atoms with van der Waals surface area (Å²) >= 11 is 5.74. The highest BCUT2D eigenvalue weighted by molar-refractivity contribution is 6.18. The van der Waals surface area contributed by atoms with Crippen LogP contribution in [0, 0.1) is 0 Å². The van der Waals surface area contributed by atoms with Crippen molar-refractivity contribution < 1.29 is 9.53 Å². The topological polar surface area (TPSA) is 29.5 Å².